The van der Waals surface area contributed by atoms with Crippen LogP contribution in [-0.4, -0.2) is 61.0 Å². The molecular formula is C23H24F4N4O4. The van der Waals surface area contributed by atoms with Gasteiger partial charge in [-0.3, -0.25) is 14.4 Å². The average Bonchev–Trinajstić information content (AvgIpc) is 2.83. The van der Waals surface area contributed by atoms with Crippen molar-refractivity contribution in [3.63, 3.8) is 0 Å². The number of hydrogen-bond donors (Lipinski definition) is 1. The highest BCUT2D eigenvalue weighted by Gasteiger charge is 2.32. The zero-order valence-electron chi connectivity index (χ0n) is 18.8. The SMILES string of the molecule is CN(CC(=O)Nc1ccc(F)cc1)C(=O)COC(=O)C1CCN(c2ccc(C(F)(F)F)cn2)CC1. The third kappa shape index (κ3) is 7.39. The van der Waals surface area contributed by atoms with E-state index >= 15 is 0 Å². The van der Waals surface area contributed by atoms with Crippen molar-refractivity contribution in [3.8, 4) is 0 Å². The Bertz CT molecular complexity index is 1040. The van der Waals surface area contributed by atoms with E-state index < -0.39 is 47.9 Å². The van der Waals surface area contributed by atoms with Crippen LogP contribution in [0.25, 0.3) is 0 Å². The zero-order chi connectivity index (χ0) is 25.6. The number of carbonyl (C=O) groups is 3. The van der Waals surface area contributed by atoms with Gasteiger partial charge in [0.05, 0.1) is 18.0 Å². The van der Waals surface area contributed by atoms with Crippen LogP contribution in [0.4, 0.5) is 29.1 Å². The summed E-state index contributed by atoms with van der Waals surface area (Å²) in [5.74, 6) is -2.13. The fraction of sp³-hybridized carbons (Fsp3) is 0.391. The molecule has 1 aliphatic rings. The lowest BCUT2D eigenvalue weighted by atomic mass is 9.97. The van der Waals surface area contributed by atoms with E-state index in [9.17, 15) is 31.9 Å². The maximum Gasteiger partial charge on any atom is 0.417 e. The van der Waals surface area contributed by atoms with Gasteiger partial charge in [-0.1, -0.05) is 0 Å². The molecule has 0 bridgehead atoms. The highest BCUT2D eigenvalue weighted by Crippen LogP contribution is 2.30. The van der Waals surface area contributed by atoms with E-state index in [1.807, 2.05) is 0 Å². The Morgan fingerprint density at radius 3 is 2.34 bits per heavy atom. The van der Waals surface area contributed by atoms with E-state index in [1.54, 1.807) is 4.90 Å². The predicted molar refractivity (Wildman–Crippen MR) is 118 cm³/mol. The predicted octanol–water partition coefficient (Wildman–Crippen LogP) is 3.10. The van der Waals surface area contributed by atoms with Gasteiger partial charge in [0.1, 0.15) is 11.6 Å². The first-order valence-corrected chi connectivity index (χ1v) is 10.8. The minimum Gasteiger partial charge on any atom is -0.455 e. The van der Waals surface area contributed by atoms with Crippen molar-refractivity contribution in [2.24, 2.45) is 5.92 Å². The Hall–Kier alpha value is -3.70. The number of rotatable bonds is 7. The summed E-state index contributed by atoms with van der Waals surface area (Å²) in [6.45, 7) is -0.0167. The number of carbonyl (C=O) groups excluding carboxylic acids is 3. The standard InChI is InChI=1S/C23H24F4N4O4/c1-30(13-20(32)29-18-5-3-17(24)4-6-18)21(33)14-35-22(34)15-8-10-31(11-9-15)19-7-2-16(12-28-19)23(25,26)27/h2-7,12,15H,8-11,13-14H2,1H3,(H,29,32). The van der Waals surface area contributed by atoms with Gasteiger partial charge in [-0.15, -0.1) is 0 Å². The van der Waals surface area contributed by atoms with Crippen molar-refractivity contribution in [3.05, 3.63) is 54.0 Å². The summed E-state index contributed by atoms with van der Waals surface area (Å²) in [7, 11) is 1.38. The maximum absolute atomic E-state index is 12.9. The van der Waals surface area contributed by atoms with Crippen LogP contribution in [0.2, 0.25) is 0 Å². The van der Waals surface area contributed by atoms with Crippen molar-refractivity contribution in [2.45, 2.75) is 19.0 Å². The second kappa shape index (κ2) is 11.2. The summed E-state index contributed by atoms with van der Waals surface area (Å²) in [6, 6.07) is 7.40. The van der Waals surface area contributed by atoms with Gasteiger partial charge in [-0.25, -0.2) is 9.37 Å². The second-order valence-corrected chi connectivity index (χ2v) is 8.08. The van der Waals surface area contributed by atoms with E-state index in [0.29, 0.717) is 37.4 Å². The van der Waals surface area contributed by atoms with Crippen molar-refractivity contribution in [1.29, 1.82) is 0 Å². The fourth-order valence-corrected chi connectivity index (χ4v) is 3.48. The molecule has 0 unspecified atom stereocenters. The van der Waals surface area contributed by atoms with Gasteiger partial charge >= 0.3 is 12.1 Å². The van der Waals surface area contributed by atoms with Crippen LogP contribution in [0.5, 0.6) is 0 Å². The third-order valence-corrected chi connectivity index (χ3v) is 5.50. The fourth-order valence-electron chi connectivity index (χ4n) is 3.48. The molecule has 12 heteroatoms. The van der Waals surface area contributed by atoms with Gasteiger partial charge in [0.25, 0.3) is 5.91 Å². The maximum atomic E-state index is 12.9. The van der Waals surface area contributed by atoms with Crippen molar-refractivity contribution in [2.75, 3.05) is 43.5 Å². The largest absolute Gasteiger partial charge is 0.455 e. The number of likely N-dealkylation sites (N-methyl/N-ethyl adjacent to an activating group) is 1. The highest BCUT2D eigenvalue weighted by molar-refractivity contribution is 5.94. The summed E-state index contributed by atoms with van der Waals surface area (Å²) < 4.78 is 56.1. The van der Waals surface area contributed by atoms with Crippen LogP contribution in [-0.2, 0) is 25.3 Å². The van der Waals surface area contributed by atoms with Gasteiger partial charge in [0.2, 0.25) is 5.91 Å². The molecule has 1 aromatic carbocycles. The molecule has 2 aromatic rings. The molecule has 2 heterocycles. The molecule has 1 saturated heterocycles. The highest BCUT2D eigenvalue weighted by atomic mass is 19.4. The molecular weight excluding hydrogens is 472 g/mol. The van der Waals surface area contributed by atoms with E-state index in [0.717, 1.165) is 17.2 Å². The lowest BCUT2D eigenvalue weighted by Crippen LogP contribution is -2.40. The number of esters is 1. The van der Waals surface area contributed by atoms with E-state index in [4.69, 9.17) is 4.74 Å². The molecule has 1 N–H and O–H groups in total. The molecule has 0 saturated carbocycles. The van der Waals surface area contributed by atoms with Crippen LogP contribution >= 0.6 is 0 Å². The number of pyridine rings is 1. The zero-order valence-corrected chi connectivity index (χ0v) is 18.8. The number of halogens is 4. The second-order valence-electron chi connectivity index (χ2n) is 8.08. The molecule has 2 amide bonds. The normalized spacial score (nSPS) is 14.4. The number of benzene rings is 1. The number of hydrogen-bond acceptors (Lipinski definition) is 6. The number of aromatic nitrogens is 1. The van der Waals surface area contributed by atoms with Crippen LogP contribution in [0.3, 0.4) is 0 Å². The Balaban J connectivity index is 1.39. The van der Waals surface area contributed by atoms with Crippen LogP contribution < -0.4 is 10.2 Å². The van der Waals surface area contributed by atoms with Crippen molar-refractivity contribution < 1.29 is 36.7 Å². The number of anilines is 2. The van der Waals surface area contributed by atoms with E-state index in [2.05, 4.69) is 10.3 Å². The minimum absolute atomic E-state index is 0.285. The quantitative estimate of drug-likeness (QED) is 0.468. The summed E-state index contributed by atoms with van der Waals surface area (Å²) in [6.07, 6.45) is -2.89. The van der Waals surface area contributed by atoms with Crippen molar-refractivity contribution >= 4 is 29.3 Å². The summed E-state index contributed by atoms with van der Waals surface area (Å²) in [5, 5.41) is 2.53. The smallest absolute Gasteiger partial charge is 0.417 e. The Kier molecular flexibility index (Phi) is 8.26. The molecule has 188 valence electrons. The number of amides is 2. The van der Waals surface area contributed by atoms with Crippen LogP contribution in [0, 0.1) is 11.7 Å². The first-order valence-electron chi connectivity index (χ1n) is 10.8. The summed E-state index contributed by atoms with van der Waals surface area (Å²) >= 11 is 0. The monoisotopic (exact) mass is 496 g/mol. The van der Waals surface area contributed by atoms with Gasteiger partial charge in [0, 0.05) is 32.0 Å². The van der Waals surface area contributed by atoms with E-state index in [-0.39, 0.29) is 6.54 Å². The number of alkyl halides is 3. The Morgan fingerprint density at radius 1 is 1.11 bits per heavy atom. The number of nitrogens with one attached hydrogen (secondary N) is 1. The minimum atomic E-state index is -4.46. The van der Waals surface area contributed by atoms with Gasteiger partial charge in [0.15, 0.2) is 6.61 Å². The average molecular weight is 496 g/mol. The molecule has 3 rings (SSSR count). The van der Waals surface area contributed by atoms with E-state index in [1.165, 1.54) is 37.4 Å². The molecule has 1 aliphatic heterocycles. The molecule has 0 aliphatic carbocycles. The van der Waals surface area contributed by atoms with Gasteiger partial charge < -0.3 is 19.9 Å². The first-order chi connectivity index (χ1) is 16.5. The van der Waals surface area contributed by atoms with Gasteiger partial charge in [-0.2, -0.15) is 13.2 Å². The third-order valence-electron chi connectivity index (χ3n) is 5.50. The molecule has 0 atom stereocenters. The lowest BCUT2D eigenvalue weighted by molar-refractivity contribution is -0.155. The molecule has 0 radical (unpaired) electrons. The molecule has 1 aromatic heterocycles. The number of nitrogens with zero attached hydrogens (tertiary/aromatic N) is 3. The summed E-state index contributed by atoms with van der Waals surface area (Å²) in [4.78, 5) is 43.4. The summed E-state index contributed by atoms with van der Waals surface area (Å²) in [5.41, 5.74) is -0.455. The molecule has 1 fully saturated rings. The number of piperidine rings is 1. The van der Waals surface area contributed by atoms with Gasteiger partial charge in [-0.05, 0) is 49.2 Å². The lowest BCUT2D eigenvalue weighted by Gasteiger charge is -2.31. The molecule has 0 spiro atoms. The van der Waals surface area contributed by atoms with Crippen LogP contribution in [0.1, 0.15) is 18.4 Å². The number of ether oxygens (including phenoxy) is 1. The molecule has 8 nitrogen and oxygen atoms in total. The first kappa shape index (κ1) is 25.9. The van der Waals surface area contributed by atoms with Crippen molar-refractivity contribution in [1.82, 2.24) is 9.88 Å². The Morgan fingerprint density at radius 2 is 1.77 bits per heavy atom. The topological polar surface area (TPSA) is 91.8 Å². The van der Waals surface area contributed by atoms with Crippen LogP contribution in [0.15, 0.2) is 42.6 Å². The Labute approximate surface area is 198 Å². The molecule has 35 heavy (non-hydrogen) atoms.